The van der Waals surface area contributed by atoms with Gasteiger partial charge in [-0.15, -0.1) is 0 Å². The Kier molecular flexibility index (Phi) is 12.1. The third-order valence-corrected chi connectivity index (χ3v) is 11.0. The van der Waals surface area contributed by atoms with E-state index >= 15 is 0 Å². The summed E-state index contributed by atoms with van der Waals surface area (Å²) in [4.78, 5) is 28.4. The van der Waals surface area contributed by atoms with Gasteiger partial charge in [-0.3, -0.25) is 9.80 Å². The number of halogens is 6. The van der Waals surface area contributed by atoms with Crippen LogP contribution in [0, 0.1) is 0 Å². The second-order valence-electron chi connectivity index (χ2n) is 12.6. The molecule has 8 nitrogen and oxygen atoms in total. The Hall–Kier alpha value is -5.06. The summed E-state index contributed by atoms with van der Waals surface area (Å²) in [7, 11) is 0. The zero-order chi connectivity index (χ0) is 40.4. The van der Waals surface area contributed by atoms with E-state index in [9.17, 15) is 14.7 Å². The van der Waals surface area contributed by atoms with Crippen LogP contribution in [-0.4, -0.2) is 23.8 Å². The van der Waals surface area contributed by atoms with Crippen molar-refractivity contribution in [2.24, 2.45) is 0 Å². The number of para-hydroxylation sites is 2. The summed E-state index contributed by atoms with van der Waals surface area (Å²) in [5.74, 6) is 0.581. The number of hydrogen-bond donors (Lipinski definition) is 3. The van der Waals surface area contributed by atoms with Crippen molar-refractivity contribution in [1.82, 2.24) is 10.6 Å². The molecule has 2 aliphatic rings. The molecule has 3 N–H and O–H groups in total. The summed E-state index contributed by atoms with van der Waals surface area (Å²) in [6.07, 6.45) is 1.66. The number of phenols is 1. The van der Waals surface area contributed by atoms with Crippen LogP contribution in [0.15, 0.2) is 122 Å². The molecule has 0 unspecified atom stereocenters. The summed E-state index contributed by atoms with van der Waals surface area (Å²) in [6.45, 7) is 4.63. The SMILES string of the molecule is C=CCOc1cc(-c2ccccc2Cl)c2c(c1)N(c1c(Cl)cccc1Cl)C(=O)NC2.O=C1NCc2c(-c3ccccc3Cl)cc(O)cc2N1c1c(Cl)cccc1Cl. The molecule has 6 aromatic rings. The first-order valence-corrected chi connectivity index (χ1v) is 19.6. The standard InChI is InChI=1S/C23H17Cl3N2O2.C20H13Cl3N2O2/c1-2-10-30-14-11-16(15-6-3-4-7-18(15)24)17-13-27-23(29)28(21(17)12-14)22-19(25)8-5-9-20(22)26;21-15-5-2-1-4-12(15)13-8-11(26)9-18-14(13)10-24-20(27)25(18)19-16(22)6-3-7-17(19)23/h2-9,11-12H,1,10,13H2,(H,27,29);1-9,26H,10H2,(H,24,27). The molecule has 0 spiro atoms. The van der Waals surface area contributed by atoms with E-state index in [1.54, 1.807) is 60.7 Å². The molecule has 0 aromatic heterocycles. The maximum absolute atomic E-state index is 12.9. The van der Waals surface area contributed by atoms with Crippen molar-refractivity contribution in [3.8, 4) is 33.8 Å². The summed E-state index contributed by atoms with van der Waals surface area (Å²) in [6, 6.07) is 31.1. The van der Waals surface area contributed by atoms with Crippen LogP contribution in [0.1, 0.15) is 11.1 Å². The van der Waals surface area contributed by atoms with Crippen LogP contribution < -0.4 is 25.2 Å². The minimum Gasteiger partial charge on any atom is -0.508 e. The molecule has 8 rings (SSSR count). The summed E-state index contributed by atoms with van der Waals surface area (Å²) < 4.78 is 5.82. The highest BCUT2D eigenvalue weighted by molar-refractivity contribution is 6.41. The number of carbonyl (C=O) groups excluding carboxylic acids is 2. The van der Waals surface area contributed by atoms with E-state index in [0.29, 0.717) is 71.8 Å². The monoisotopic (exact) mass is 876 g/mol. The highest BCUT2D eigenvalue weighted by Gasteiger charge is 2.33. The highest BCUT2D eigenvalue weighted by atomic mass is 35.5. The van der Waals surface area contributed by atoms with Crippen molar-refractivity contribution >= 4 is 104 Å². The summed E-state index contributed by atoms with van der Waals surface area (Å²) in [5.41, 5.74) is 6.75. The minimum atomic E-state index is -0.381. The van der Waals surface area contributed by atoms with Crippen LogP contribution in [0.2, 0.25) is 30.1 Å². The quantitative estimate of drug-likeness (QED) is 0.139. The van der Waals surface area contributed by atoms with Crippen LogP contribution in [0.25, 0.3) is 22.3 Å². The van der Waals surface area contributed by atoms with E-state index < -0.39 is 0 Å². The smallest absolute Gasteiger partial charge is 0.326 e. The van der Waals surface area contributed by atoms with Gasteiger partial charge in [-0.1, -0.05) is 131 Å². The minimum absolute atomic E-state index is 0.00606. The van der Waals surface area contributed by atoms with Gasteiger partial charge in [0.05, 0.1) is 42.8 Å². The molecule has 0 radical (unpaired) electrons. The number of rotatable bonds is 7. The number of ether oxygens (including phenoxy) is 1. The molecule has 0 saturated carbocycles. The number of aromatic hydroxyl groups is 1. The van der Waals surface area contributed by atoms with Gasteiger partial charge in [0.25, 0.3) is 0 Å². The number of carbonyl (C=O) groups is 2. The van der Waals surface area contributed by atoms with Gasteiger partial charge in [-0.25, -0.2) is 9.59 Å². The van der Waals surface area contributed by atoms with Crippen molar-refractivity contribution in [3.63, 3.8) is 0 Å². The molecule has 2 heterocycles. The Morgan fingerprint density at radius 1 is 0.579 bits per heavy atom. The van der Waals surface area contributed by atoms with Crippen molar-refractivity contribution in [2.45, 2.75) is 13.1 Å². The highest BCUT2D eigenvalue weighted by Crippen LogP contribution is 2.47. The fourth-order valence-electron chi connectivity index (χ4n) is 6.68. The normalized spacial score (nSPS) is 13.1. The van der Waals surface area contributed by atoms with Gasteiger partial charge in [0.1, 0.15) is 18.1 Å². The second-order valence-corrected chi connectivity index (χ2v) is 15.1. The van der Waals surface area contributed by atoms with Gasteiger partial charge in [0.15, 0.2) is 0 Å². The molecule has 288 valence electrons. The molecule has 14 heteroatoms. The van der Waals surface area contributed by atoms with Gasteiger partial charge in [-0.2, -0.15) is 0 Å². The fourth-order valence-corrected chi connectivity index (χ4v) is 8.28. The predicted molar refractivity (Wildman–Crippen MR) is 233 cm³/mol. The Balaban J connectivity index is 0.000000175. The lowest BCUT2D eigenvalue weighted by molar-refractivity contribution is 0.246. The molecule has 57 heavy (non-hydrogen) atoms. The first-order chi connectivity index (χ1) is 27.5. The van der Waals surface area contributed by atoms with E-state index in [0.717, 1.165) is 33.4 Å². The number of benzene rings is 6. The number of fused-ring (bicyclic) bond motifs is 2. The van der Waals surface area contributed by atoms with Crippen molar-refractivity contribution in [1.29, 1.82) is 0 Å². The Morgan fingerprint density at radius 2 is 1.00 bits per heavy atom. The molecule has 2 aliphatic heterocycles. The van der Waals surface area contributed by atoms with Crippen LogP contribution in [0.4, 0.5) is 32.3 Å². The topological polar surface area (TPSA) is 94.1 Å². The van der Waals surface area contributed by atoms with Crippen LogP contribution in [0.5, 0.6) is 11.5 Å². The van der Waals surface area contributed by atoms with Gasteiger partial charge in [0.2, 0.25) is 0 Å². The van der Waals surface area contributed by atoms with E-state index in [2.05, 4.69) is 17.2 Å². The molecule has 0 bridgehead atoms. The number of phenolic OH excluding ortho intramolecular Hbond substituents is 1. The number of urea groups is 2. The second kappa shape index (κ2) is 17.2. The fraction of sp³-hybridized carbons (Fsp3) is 0.0698. The largest absolute Gasteiger partial charge is 0.508 e. The van der Waals surface area contributed by atoms with Crippen LogP contribution in [0.3, 0.4) is 0 Å². The molecular formula is C43H30Cl6N4O4. The average molecular weight is 879 g/mol. The molecule has 0 fully saturated rings. The first-order valence-electron chi connectivity index (χ1n) is 17.3. The van der Waals surface area contributed by atoms with Gasteiger partial charge in [-0.05, 0) is 59.7 Å². The molecular weight excluding hydrogens is 849 g/mol. The van der Waals surface area contributed by atoms with Gasteiger partial charge >= 0.3 is 12.1 Å². The third kappa shape index (κ3) is 8.07. The molecule has 0 saturated heterocycles. The first kappa shape index (κ1) is 40.1. The maximum Gasteiger partial charge on any atom is 0.326 e. The molecule has 4 amide bonds. The van der Waals surface area contributed by atoms with E-state index in [1.165, 1.54) is 15.9 Å². The van der Waals surface area contributed by atoms with E-state index in [1.807, 2.05) is 48.5 Å². The van der Waals surface area contributed by atoms with E-state index in [4.69, 9.17) is 74.3 Å². The van der Waals surface area contributed by atoms with Crippen LogP contribution >= 0.6 is 69.6 Å². The summed E-state index contributed by atoms with van der Waals surface area (Å²) >= 11 is 38.4. The number of amides is 4. The number of nitrogens with one attached hydrogen (secondary N) is 2. The number of nitrogens with zero attached hydrogens (tertiary/aromatic N) is 2. The Labute approximate surface area is 358 Å². The van der Waals surface area contributed by atoms with E-state index in [-0.39, 0.29) is 24.4 Å². The molecule has 0 atom stereocenters. The Morgan fingerprint density at radius 3 is 1.46 bits per heavy atom. The van der Waals surface area contributed by atoms with Gasteiger partial charge in [0, 0.05) is 57.5 Å². The number of hydrogen-bond acceptors (Lipinski definition) is 4. The van der Waals surface area contributed by atoms with Crippen molar-refractivity contribution in [3.05, 3.63) is 163 Å². The Bertz CT molecular complexity index is 2530. The zero-order valence-electron chi connectivity index (χ0n) is 29.6. The summed E-state index contributed by atoms with van der Waals surface area (Å²) in [5, 5.41) is 18.6. The van der Waals surface area contributed by atoms with Crippen LogP contribution in [-0.2, 0) is 13.1 Å². The molecule has 6 aromatic carbocycles. The van der Waals surface area contributed by atoms with Gasteiger partial charge < -0.3 is 20.5 Å². The zero-order valence-corrected chi connectivity index (χ0v) is 34.2. The third-order valence-electron chi connectivity index (χ3n) is 9.15. The lowest BCUT2D eigenvalue weighted by Gasteiger charge is -2.33. The van der Waals surface area contributed by atoms with Crippen molar-refractivity contribution < 1.29 is 19.4 Å². The lowest BCUT2D eigenvalue weighted by atomic mass is 9.95. The average Bonchev–Trinajstić information content (AvgIpc) is 3.18. The predicted octanol–water partition coefficient (Wildman–Crippen LogP) is 13.6. The number of anilines is 4. The molecule has 0 aliphatic carbocycles. The maximum atomic E-state index is 12.9. The van der Waals surface area contributed by atoms with Crippen molar-refractivity contribution in [2.75, 3.05) is 16.4 Å². The lowest BCUT2D eigenvalue weighted by Crippen LogP contribution is -2.41.